The van der Waals surface area contributed by atoms with E-state index in [1.807, 2.05) is 0 Å². The largest absolute Gasteiger partial charge is 0.433 e. The first-order valence-corrected chi connectivity index (χ1v) is 10.5. The second kappa shape index (κ2) is 15.3. The van der Waals surface area contributed by atoms with Crippen LogP contribution in [0.25, 0.3) is 0 Å². The van der Waals surface area contributed by atoms with Crippen LogP contribution in [0.5, 0.6) is 0 Å². The van der Waals surface area contributed by atoms with Crippen LogP contribution in [0.4, 0.5) is 18.0 Å². The molecule has 0 aliphatic heterocycles. The molecule has 0 aliphatic rings. The van der Waals surface area contributed by atoms with E-state index in [-0.39, 0.29) is 59.9 Å². The molecule has 0 aromatic carbocycles. The molecule has 6 N–H and O–H groups in total. The molecule has 0 bridgehead atoms. The molecule has 0 radical (unpaired) electrons. The second-order valence-corrected chi connectivity index (χ2v) is 7.28. The van der Waals surface area contributed by atoms with Gasteiger partial charge in [0.2, 0.25) is 0 Å². The van der Waals surface area contributed by atoms with Gasteiger partial charge in [-0.2, -0.15) is 15.0 Å². The average Bonchev–Trinajstić information content (AvgIpc) is 3.49. The van der Waals surface area contributed by atoms with Crippen molar-refractivity contribution in [3.05, 3.63) is 35.9 Å². The summed E-state index contributed by atoms with van der Waals surface area (Å²) in [7, 11) is -2.66. The van der Waals surface area contributed by atoms with Crippen molar-refractivity contribution < 1.29 is 42.7 Å². The van der Waals surface area contributed by atoms with Crippen molar-refractivity contribution in [2.45, 2.75) is 48.7 Å². The van der Waals surface area contributed by atoms with Gasteiger partial charge >= 0.3 is 21.2 Å². The SMILES string of the molecule is C.CB(O)N(B(C)O)c1nc(C(C)=O)co1.CB(O)Nc1nc(C(C)=O)co1.CC(=O)c1coc(N)n1. The highest BCUT2D eigenvalue weighted by Gasteiger charge is 2.29. The maximum atomic E-state index is 11.0. The summed E-state index contributed by atoms with van der Waals surface area (Å²) in [6.07, 6.45) is 3.67. The molecular formula is C19H31B3N6O9. The number of anilines is 3. The Morgan fingerprint density at radius 3 is 1.57 bits per heavy atom. The fourth-order valence-corrected chi connectivity index (χ4v) is 2.31. The Morgan fingerprint density at radius 2 is 1.24 bits per heavy atom. The van der Waals surface area contributed by atoms with Crippen LogP contribution in [0.3, 0.4) is 0 Å². The fraction of sp³-hybridized carbons (Fsp3) is 0.368. The number of hydrogen-bond donors (Lipinski definition) is 5. The first-order valence-electron chi connectivity index (χ1n) is 10.5. The Balaban J connectivity index is 0.000000534. The number of carbonyl (C=O) groups excluding carboxylic acids is 3. The monoisotopic (exact) mass is 520 g/mol. The number of carbonyl (C=O) groups is 3. The molecule has 200 valence electrons. The van der Waals surface area contributed by atoms with E-state index in [4.69, 9.17) is 19.6 Å². The lowest BCUT2D eigenvalue weighted by atomic mass is 9.70. The van der Waals surface area contributed by atoms with E-state index in [9.17, 15) is 24.4 Å². The summed E-state index contributed by atoms with van der Waals surface area (Å²) in [5.41, 5.74) is 5.77. The van der Waals surface area contributed by atoms with Gasteiger partial charge in [-0.05, 0) is 20.5 Å². The first kappa shape index (κ1) is 33.1. The zero-order valence-electron chi connectivity index (χ0n) is 20.6. The molecule has 0 saturated carbocycles. The third kappa shape index (κ3) is 11.1. The van der Waals surface area contributed by atoms with Crippen LogP contribution in [-0.4, -0.2) is 68.5 Å². The smallest absolute Gasteiger partial charge is 0.410 e. The van der Waals surface area contributed by atoms with Crippen molar-refractivity contribution in [1.82, 2.24) is 15.0 Å². The van der Waals surface area contributed by atoms with Gasteiger partial charge in [0.25, 0.3) is 18.0 Å². The van der Waals surface area contributed by atoms with E-state index < -0.39 is 21.2 Å². The highest BCUT2D eigenvalue weighted by molar-refractivity contribution is 6.74. The number of ketones is 3. The lowest BCUT2D eigenvalue weighted by Crippen LogP contribution is -2.47. The molecule has 18 heteroatoms. The minimum Gasteiger partial charge on any atom is -0.433 e. The average molecular weight is 520 g/mol. The molecule has 0 amide bonds. The highest BCUT2D eigenvalue weighted by Crippen LogP contribution is 2.15. The van der Waals surface area contributed by atoms with Crippen molar-refractivity contribution in [1.29, 1.82) is 0 Å². The van der Waals surface area contributed by atoms with Gasteiger partial charge in [0.15, 0.2) is 17.3 Å². The topological polar surface area (TPSA) is 231 Å². The summed E-state index contributed by atoms with van der Waals surface area (Å²) in [5, 5.41) is 30.1. The van der Waals surface area contributed by atoms with Crippen molar-refractivity contribution in [3.8, 4) is 0 Å². The third-order valence-corrected chi connectivity index (χ3v) is 3.96. The van der Waals surface area contributed by atoms with E-state index in [2.05, 4.69) is 24.6 Å². The van der Waals surface area contributed by atoms with Crippen molar-refractivity contribution >= 4 is 56.5 Å². The quantitative estimate of drug-likeness (QED) is 0.209. The molecule has 15 nitrogen and oxygen atoms in total. The number of rotatable bonds is 8. The number of hydrogen-bond acceptors (Lipinski definition) is 15. The van der Waals surface area contributed by atoms with Gasteiger partial charge < -0.3 is 44.0 Å². The minimum atomic E-state index is -0.955. The standard InChI is InChI=1S/C7H12B2N2O4.C6H9BN2O3.C5H6N2O2.CH4/c1-5(12)6-4-15-7(10-6)11(8(2)13)9(3)14;1-4(10)5-3-12-6(8-5)9-7(2)11;1-3(8)4-2-9-5(6)7-4;/h4,13-14H,1-3H3;3,11H,1-2H3,(H,8,9);2H,1H3,(H2,6,7);1H4. The number of nitrogens with two attached hydrogens (primary N) is 1. The van der Waals surface area contributed by atoms with Crippen LogP contribution < -0.4 is 15.7 Å². The van der Waals surface area contributed by atoms with Crippen molar-refractivity contribution in [2.75, 3.05) is 15.7 Å². The third-order valence-electron chi connectivity index (χ3n) is 3.96. The minimum absolute atomic E-state index is 0. The Morgan fingerprint density at radius 1 is 0.811 bits per heavy atom. The van der Waals surface area contributed by atoms with E-state index >= 15 is 0 Å². The van der Waals surface area contributed by atoms with Crippen LogP contribution in [0.15, 0.2) is 32.0 Å². The molecule has 0 spiro atoms. The van der Waals surface area contributed by atoms with Gasteiger partial charge in [-0.25, -0.2) is 0 Å². The molecule has 3 aromatic rings. The van der Waals surface area contributed by atoms with E-state index in [1.54, 1.807) is 0 Å². The second-order valence-electron chi connectivity index (χ2n) is 7.28. The molecule has 3 aromatic heterocycles. The van der Waals surface area contributed by atoms with E-state index in [1.165, 1.54) is 60.0 Å². The van der Waals surface area contributed by atoms with Crippen LogP contribution >= 0.6 is 0 Å². The van der Waals surface area contributed by atoms with Gasteiger partial charge in [-0.3, -0.25) is 14.4 Å². The number of nitrogen functional groups attached to an aromatic ring is 1. The number of nitrogens with zero attached hydrogens (tertiary/aromatic N) is 4. The molecule has 3 heterocycles. The van der Waals surface area contributed by atoms with E-state index in [0.29, 0.717) is 0 Å². The van der Waals surface area contributed by atoms with E-state index in [0.717, 1.165) is 4.72 Å². The van der Waals surface area contributed by atoms with Crippen LogP contribution in [0.1, 0.15) is 59.7 Å². The summed E-state index contributed by atoms with van der Waals surface area (Å²) in [4.78, 5) is 43.3. The Bertz CT molecular complexity index is 1140. The molecule has 37 heavy (non-hydrogen) atoms. The Kier molecular flexibility index (Phi) is 13.7. The molecular weight excluding hydrogens is 489 g/mol. The van der Waals surface area contributed by atoms with Gasteiger partial charge in [-0.1, -0.05) is 7.43 Å². The van der Waals surface area contributed by atoms with Crippen LogP contribution in [0, 0.1) is 0 Å². The highest BCUT2D eigenvalue weighted by atomic mass is 16.4. The zero-order chi connectivity index (χ0) is 27.6. The molecule has 0 atom stereocenters. The van der Waals surface area contributed by atoms with Gasteiger partial charge in [-0.15, -0.1) is 0 Å². The fourth-order valence-electron chi connectivity index (χ4n) is 2.31. The number of Topliss-reactive ketones (excluding diaryl/α,β-unsaturated/α-hetero) is 3. The first-order chi connectivity index (χ1) is 16.7. The predicted octanol–water partition coefficient (Wildman–Crippen LogP) is 1.40. The normalized spacial score (nSPS) is 9.43. The Labute approximate surface area is 214 Å². The lowest BCUT2D eigenvalue weighted by molar-refractivity contribution is 0.100. The van der Waals surface area contributed by atoms with Crippen LogP contribution in [-0.2, 0) is 0 Å². The number of nitrogens with one attached hydrogen (secondary N) is 1. The summed E-state index contributed by atoms with van der Waals surface area (Å²) in [6.45, 7) is 8.60. The van der Waals surface area contributed by atoms with Gasteiger partial charge in [0.05, 0.1) is 0 Å². The molecule has 0 fully saturated rings. The summed E-state index contributed by atoms with van der Waals surface area (Å²) in [6, 6.07) is 0.195. The lowest BCUT2D eigenvalue weighted by Gasteiger charge is -2.21. The van der Waals surface area contributed by atoms with Crippen molar-refractivity contribution in [2.24, 2.45) is 0 Å². The summed E-state index contributed by atoms with van der Waals surface area (Å²) < 4.78 is 15.5. The Hall–Kier alpha value is -3.89. The molecule has 3 rings (SSSR count). The molecule has 0 aliphatic carbocycles. The number of aromatic nitrogens is 3. The summed E-state index contributed by atoms with van der Waals surface area (Å²) in [5.74, 6) is -0.547. The van der Waals surface area contributed by atoms with Crippen molar-refractivity contribution in [3.63, 3.8) is 0 Å². The molecule has 0 saturated heterocycles. The molecule has 0 unspecified atom stereocenters. The van der Waals surface area contributed by atoms with Gasteiger partial charge in [0.1, 0.15) is 35.9 Å². The van der Waals surface area contributed by atoms with Crippen LogP contribution in [0.2, 0.25) is 20.5 Å². The maximum absolute atomic E-state index is 11.0. The summed E-state index contributed by atoms with van der Waals surface area (Å²) >= 11 is 0. The maximum Gasteiger partial charge on any atom is 0.410 e. The van der Waals surface area contributed by atoms with Gasteiger partial charge in [0, 0.05) is 20.8 Å². The predicted molar refractivity (Wildman–Crippen MR) is 138 cm³/mol. The number of oxazole rings is 3. The zero-order valence-corrected chi connectivity index (χ0v) is 20.6.